The van der Waals surface area contributed by atoms with Gasteiger partial charge in [-0.3, -0.25) is 9.36 Å². The van der Waals surface area contributed by atoms with E-state index in [1.54, 1.807) is 21.6 Å². The average Bonchev–Trinajstić information content (AvgIpc) is 3.61. The summed E-state index contributed by atoms with van der Waals surface area (Å²) in [7, 11) is 1.81. The number of hydrogen-bond acceptors (Lipinski definition) is 6. The van der Waals surface area contributed by atoms with E-state index in [2.05, 4.69) is 4.90 Å². The van der Waals surface area contributed by atoms with Crippen LogP contribution in [0.2, 0.25) is 0 Å². The SMILES string of the molecule is CN(C(=O)Cc1ccc2oc(=O)n(Cc3ccccc3)c2c1)C(CN1CCCC1)c1cccc(OC(C(=O)O)C(C)(C)C)c1. The number of aromatic nitrogens is 1. The van der Waals surface area contributed by atoms with E-state index >= 15 is 0 Å². The van der Waals surface area contributed by atoms with Gasteiger partial charge in [0.2, 0.25) is 5.91 Å². The van der Waals surface area contributed by atoms with Crippen LogP contribution in [-0.2, 0) is 22.6 Å². The van der Waals surface area contributed by atoms with Crippen LogP contribution in [0, 0.1) is 5.41 Å². The Hall–Kier alpha value is -4.37. The van der Waals surface area contributed by atoms with Crippen LogP contribution in [0.3, 0.4) is 0 Å². The predicted molar refractivity (Wildman–Crippen MR) is 169 cm³/mol. The highest BCUT2D eigenvalue weighted by atomic mass is 16.5. The largest absolute Gasteiger partial charge is 0.478 e. The molecule has 0 bridgehead atoms. The molecule has 0 saturated carbocycles. The van der Waals surface area contributed by atoms with Crippen molar-refractivity contribution in [3.63, 3.8) is 0 Å². The Balaban J connectivity index is 1.39. The Kier molecular flexibility index (Phi) is 9.25. The van der Waals surface area contributed by atoms with Gasteiger partial charge in [0, 0.05) is 19.0 Å². The molecule has 1 aliphatic rings. The maximum atomic E-state index is 13.8. The summed E-state index contributed by atoms with van der Waals surface area (Å²) in [4.78, 5) is 42.5. The first-order chi connectivity index (χ1) is 21.0. The molecular formula is C35H41N3O6. The number of oxazole rings is 1. The number of benzene rings is 3. The van der Waals surface area contributed by atoms with Gasteiger partial charge in [0.25, 0.3) is 0 Å². The van der Waals surface area contributed by atoms with Crippen LogP contribution < -0.4 is 10.5 Å². The van der Waals surface area contributed by atoms with E-state index in [0.717, 1.165) is 42.6 Å². The summed E-state index contributed by atoms with van der Waals surface area (Å²) in [6.45, 7) is 8.47. The molecule has 3 aromatic carbocycles. The lowest BCUT2D eigenvalue weighted by molar-refractivity contribution is -0.150. The number of aliphatic carboxylic acids is 1. The number of ether oxygens (including phenoxy) is 1. The van der Waals surface area contributed by atoms with Gasteiger partial charge in [-0.15, -0.1) is 0 Å². The Bertz CT molecular complexity index is 1660. The van der Waals surface area contributed by atoms with Crippen LogP contribution in [0.4, 0.5) is 0 Å². The molecule has 44 heavy (non-hydrogen) atoms. The molecule has 0 radical (unpaired) electrons. The number of hydrogen-bond donors (Lipinski definition) is 1. The zero-order valence-electron chi connectivity index (χ0n) is 25.9. The first-order valence-corrected chi connectivity index (χ1v) is 15.1. The lowest BCUT2D eigenvalue weighted by Gasteiger charge is -2.33. The zero-order chi connectivity index (χ0) is 31.4. The molecule has 0 spiro atoms. The molecule has 9 nitrogen and oxygen atoms in total. The second-order valence-electron chi connectivity index (χ2n) is 12.7. The highest BCUT2D eigenvalue weighted by Gasteiger charge is 2.34. The first-order valence-electron chi connectivity index (χ1n) is 15.1. The summed E-state index contributed by atoms with van der Waals surface area (Å²) in [6, 6.07) is 22.3. The van der Waals surface area contributed by atoms with Crippen molar-refractivity contribution in [2.75, 3.05) is 26.7 Å². The number of likely N-dealkylation sites (tertiary alicyclic amines) is 1. The molecule has 1 aromatic heterocycles. The molecular weight excluding hydrogens is 558 g/mol. The van der Waals surface area contributed by atoms with E-state index in [1.807, 2.05) is 88.5 Å². The van der Waals surface area contributed by atoms with Gasteiger partial charge in [-0.25, -0.2) is 9.59 Å². The van der Waals surface area contributed by atoms with Crippen LogP contribution in [0.25, 0.3) is 11.1 Å². The summed E-state index contributed by atoms with van der Waals surface area (Å²) in [5.41, 5.74) is 3.16. The van der Waals surface area contributed by atoms with E-state index in [1.165, 1.54) is 0 Å². The smallest absolute Gasteiger partial charge is 0.420 e. The molecule has 232 valence electrons. The van der Waals surface area contributed by atoms with Gasteiger partial charge >= 0.3 is 11.7 Å². The Morgan fingerprint density at radius 3 is 2.39 bits per heavy atom. The number of carbonyl (C=O) groups excluding carboxylic acids is 1. The first kappa shape index (κ1) is 31.1. The van der Waals surface area contributed by atoms with Crippen molar-refractivity contribution in [1.29, 1.82) is 0 Å². The quantitative estimate of drug-likeness (QED) is 0.248. The molecule has 2 heterocycles. The van der Waals surface area contributed by atoms with Crippen molar-refractivity contribution < 1.29 is 23.8 Å². The second-order valence-corrected chi connectivity index (χ2v) is 12.7. The van der Waals surface area contributed by atoms with Crippen LogP contribution in [-0.4, -0.2) is 64.1 Å². The monoisotopic (exact) mass is 599 g/mol. The lowest BCUT2D eigenvalue weighted by Crippen LogP contribution is -2.40. The molecule has 4 aromatic rings. The minimum absolute atomic E-state index is 0.0709. The number of carboxylic acid groups (broad SMARTS) is 1. The molecule has 2 unspecified atom stereocenters. The highest BCUT2D eigenvalue weighted by molar-refractivity contribution is 5.81. The van der Waals surface area contributed by atoms with Crippen molar-refractivity contribution in [2.45, 2.75) is 58.7 Å². The topological polar surface area (TPSA) is 105 Å². The number of carbonyl (C=O) groups is 2. The fourth-order valence-corrected chi connectivity index (χ4v) is 5.80. The third kappa shape index (κ3) is 7.22. The Morgan fingerprint density at radius 1 is 0.977 bits per heavy atom. The summed E-state index contributed by atoms with van der Waals surface area (Å²) < 4.78 is 13.1. The van der Waals surface area contributed by atoms with Gasteiger partial charge in [0.1, 0.15) is 5.75 Å². The molecule has 0 aliphatic carbocycles. The van der Waals surface area contributed by atoms with Crippen molar-refractivity contribution in [2.24, 2.45) is 5.41 Å². The van der Waals surface area contributed by atoms with Crippen LogP contribution in [0.5, 0.6) is 5.75 Å². The van der Waals surface area contributed by atoms with Crippen molar-refractivity contribution in [3.05, 3.63) is 100 Å². The molecule has 1 aliphatic heterocycles. The third-order valence-corrected chi connectivity index (χ3v) is 8.27. The summed E-state index contributed by atoms with van der Waals surface area (Å²) >= 11 is 0. The minimum atomic E-state index is -1.02. The number of amides is 1. The fourth-order valence-electron chi connectivity index (χ4n) is 5.80. The van der Waals surface area contributed by atoms with Gasteiger partial charge in [0.15, 0.2) is 11.7 Å². The van der Waals surface area contributed by atoms with Gasteiger partial charge in [-0.05, 0) is 66.9 Å². The molecule has 1 amide bonds. The molecule has 1 saturated heterocycles. The lowest BCUT2D eigenvalue weighted by atomic mass is 9.89. The van der Waals surface area contributed by atoms with Crippen LogP contribution in [0.15, 0.2) is 82.0 Å². The maximum absolute atomic E-state index is 13.8. The highest BCUT2D eigenvalue weighted by Crippen LogP contribution is 2.30. The molecule has 2 atom stereocenters. The van der Waals surface area contributed by atoms with Crippen molar-refractivity contribution in [1.82, 2.24) is 14.4 Å². The van der Waals surface area contributed by atoms with Crippen molar-refractivity contribution in [3.8, 4) is 5.75 Å². The molecule has 5 rings (SSSR count). The Morgan fingerprint density at radius 2 is 1.70 bits per heavy atom. The third-order valence-electron chi connectivity index (χ3n) is 8.27. The fraction of sp³-hybridized carbons (Fsp3) is 0.400. The Labute approximate surface area is 257 Å². The van der Waals surface area contributed by atoms with E-state index in [-0.39, 0.29) is 18.4 Å². The molecule has 1 fully saturated rings. The maximum Gasteiger partial charge on any atom is 0.420 e. The summed E-state index contributed by atoms with van der Waals surface area (Å²) in [5, 5.41) is 9.79. The van der Waals surface area contributed by atoms with E-state index in [4.69, 9.17) is 9.15 Å². The van der Waals surface area contributed by atoms with Gasteiger partial charge in [-0.1, -0.05) is 69.3 Å². The van der Waals surface area contributed by atoms with Gasteiger partial charge < -0.3 is 24.1 Å². The van der Waals surface area contributed by atoms with Gasteiger partial charge in [-0.2, -0.15) is 0 Å². The summed E-state index contributed by atoms with van der Waals surface area (Å²) in [6.07, 6.45) is 1.37. The number of likely N-dealkylation sites (N-methyl/N-ethyl adjacent to an activating group) is 1. The number of carboxylic acids is 1. The number of rotatable bonds is 11. The van der Waals surface area contributed by atoms with Crippen molar-refractivity contribution >= 4 is 23.0 Å². The number of fused-ring (bicyclic) bond motifs is 1. The van der Waals surface area contributed by atoms with E-state index in [9.17, 15) is 19.5 Å². The van der Waals surface area contributed by atoms with E-state index in [0.29, 0.717) is 29.9 Å². The minimum Gasteiger partial charge on any atom is -0.478 e. The second kappa shape index (κ2) is 13.1. The normalized spacial score (nSPS) is 15.3. The van der Waals surface area contributed by atoms with Gasteiger partial charge in [0.05, 0.1) is 24.5 Å². The average molecular weight is 600 g/mol. The summed E-state index contributed by atoms with van der Waals surface area (Å²) in [5.74, 6) is -1.07. The van der Waals surface area contributed by atoms with E-state index < -0.39 is 23.2 Å². The zero-order valence-corrected chi connectivity index (χ0v) is 25.9. The molecule has 1 N–H and O–H groups in total. The predicted octanol–water partition coefficient (Wildman–Crippen LogP) is 5.36. The van der Waals surface area contributed by atoms with Crippen LogP contribution >= 0.6 is 0 Å². The molecule has 9 heteroatoms. The van der Waals surface area contributed by atoms with Crippen LogP contribution in [0.1, 0.15) is 56.3 Å². The number of nitrogens with zero attached hydrogens (tertiary/aromatic N) is 3. The standard InChI is InChI=1S/C35H41N3O6/c1-35(2,3)32(33(40)41)43-27-14-10-13-26(21-27)29(23-37-17-8-9-18-37)36(4)31(39)20-25-15-16-30-28(19-25)38(34(42)44-30)22-24-11-6-5-7-12-24/h5-7,10-16,19,21,29,32H,8-9,17-18,20,22-23H2,1-4H3,(H,40,41).